The molecule has 70 valence electrons. The Labute approximate surface area is 72.7 Å². The van der Waals surface area contributed by atoms with Crippen molar-refractivity contribution in [3.63, 3.8) is 0 Å². The van der Waals surface area contributed by atoms with E-state index in [1.807, 2.05) is 6.92 Å². The Morgan fingerprint density at radius 3 is 2.83 bits per heavy atom. The molecule has 0 bridgehead atoms. The molecule has 1 aliphatic rings. The Morgan fingerprint density at radius 1 is 1.67 bits per heavy atom. The average Bonchev–Trinajstić information content (AvgIpc) is 1.99. The van der Waals surface area contributed by atoms with Gasteiger partial charge in [-0.15, -0.1) is 0 Å². The molecule has 0 aliphatic carbocycles. The molecule has 1 saturated heterocycles. The van der Waals surface area contributed by atoms with Crippen LogP contribution in [0.5, 0.6) is 0 Å². The summed E-state index contributed by atoms with van der Waals surface area (Å²) in [5, 5.41) is 0. The highest BCUT2D eigenvalue weighted by molar-refractivity contribution is 5.78. The fraction of sp³-hybridized carbons (Fsp3) is 0.875. The van der Waals surface area contributed by atoms with Gasteiger partial charge in [-0.1, -0.05) is 6.92 Å². The lowest BCUT2D eigenvalue weighted by Crippen LogP contribution is -2.58. The molecule has 1 aliphatic heterocycles. The fourth-order valence-corrected chi connectivity index (χ4v) is 1.11. The number of amides is 1. The molecular weight excluding hydrogens is 156 g/mol. The highest BCUT2D eigenvalue weighted by Crippen LogP contribution is 2.04. The lowest BCUT2D eigenvalue weighted by atomic mass is 10.1. The van der Waals surface area contributed by atoms with Gasteiger partial charge in [0.15, 0.2) is 0 Å². The number of carbonyl (C=O) groups is 1. The zero-order valence-electron chi connectivity index (χ0n) is 7.45. The Kier molecular flexibility index (Phi) is 3.49. The molecule has 1 fully saturated rings. The van der Waals surface area contributed by atoms with Gasteiger partial charge in [0.25, 0.3) is 0 Å². The summed E-state index contributed by atoms with van der Waals surface area (Å²) in [6.45, 7) is 4.26. The van der Waals surface area contributed by atoms with E-state index in [4.69, 9.17) is 10.5 Å². The van der Waals surface area contributed by atoms with Gasteiger partial charge in [-0.2, -0.15) is 0 Å². The van der Waals surface area contributed by atoms with Crippen molar-refractivity contribution in [1.29, 1.82) is 0 Å². The van der Waals surface area contributed by atoms with E-state index < -0.39 is 0 Å². The van der Waals surface area contributed by atoms with Gasteiger partial charge in [0.2, 0.25) is 5.91 Å². The summed E-state index contributed by atoms with van der Waals surface area (Å²) >= 11 is 0. The SMILES string of the molecule is CCCOCC(=O)N1CC(N)C1. The van der Waals surface area contributed by atoms with Crippen molar-refractivity contribution in [1.82, 2.24) is 4.90 Å². The second kappa shape index (κ2) is 4.42. The minimum Gasteiger partial charge on any atom is -0.372 e. The smallest absolute Gasteiger partial charge is 0.248 e. The predicted molar refractivity (Wildman–Crippen MR) is 45.7 cm³/mol. The minimum atomic E-state index is 0.0603. The molecule has 4 nitrogen and oxygen atoms in total. The molecule has 1 heterocycles. The van der Waals surface area contributed by atoms with Crippen LogP contribution in [0.2, 0.25) is 0 Å². The first-order valence-electron chi connectivity index (χ1n) is 4.35. The maximum atomic E-state index is 11.2. The van der Waals surface area contributed by atoms with E-state index in [0.717, 1.165) is 6.42 Å². The lowest BCUT2D eigenvalue weighted by molar-refractivity contribution is -0.140. The van der Waals surface area contributed by atoms with E-state index in [1.54, 1.807) is 4.90 Å². The monoisotopic (exact) mass is 172 g/mol. The van der Waals surface area contributed by atoms with Gasteiger partial charge in [0, 0.05) is 25.7 Å². The summed E-state index contributed by atoms with van der Waals surface area (Å²) in [4.78, 5) is 12.9. The quantitative estimate of drug-likeness (QED) is 0.586. The summed E-state index contributed by atoms with van der Waals surface area (Å²) in [5.74, 6) is 0.0603. The van der Waals surface area contributed by atoms with Gasteiger partial charge in [-0.3, -0.25) is 4.79 Å². The van der Waals surface area contributed by atoms with E-state index in [1.165, 1.54) is 0 Å². The van der Waals surface area contributed by atoms with Crippen LogP contribution in [0.1, 0.15) is 13.3 Å². The van der Waals surface area contributed by atoms with Crippen LogP contribution in [0, 0.1) is 0 Å². The van der Waals surface area contributed by atoms with Crippen molar-refractivity contribution in [2.75, 3.05) is 26.3 Å². The molecule has 1 amide bonds. The maximum Gasteiger partial charge on any atom is 0.248 e. The third kappa shape index (κ3) is 2.46. The molecule has 12 heavy (non-hydrogen) atoms. The van der Waals surface area contributed by atoms with Crippen LogP contribution < -0.4 is 5.73 Å². The highest BCUT2D eigenvalue weighted by Gasteiger charge is 2.26. The number of hydrogen-bond donors (Lipinski definition) is 1. The van der Waals surface area contributed by atoms with Gasteiger partial charge < -0.3 is 15.4 Å². The Bertz CT molecular complexity index is 155. The Hall–Kier alpha value is -0.610. The van der Waals surface area contributed by atoms with Crippen LogP contribution in [0.3, 0.4) is 0 Å². The molecule has 4 heteroatoms. The zero-order valence-corrected chi connectivity index (χ0v) is 7.45. The first kappa shape index (κ1) is 9.48. The number of nitrogens with zero attached hydrogens (tertiary/aromatic N) is 1. The lowest BCUT2D eigenvalue weighted by Gasteiger charge is -2.36. The summed E-state index contributed by atoms with van der Waals surface area (Å²) in [6, 6.07) is 0.181. The van der Waals surface area contributed by atoms with Crippen molar-refractivity contribution in [2.24, 2.45) is 5.73 Å². The third-order valence-electron chi connectivity index (χ3n) is 1.84. The molecular formula is C8H16N2O2. The predicted octanol–water partition coefficient (Wildman–Crippen LogP) is -0.417. The molecule has 0 spiro atoms. The second-order valence-corrected chi connectivity index (χ2v) is 3.11. The number of carbonyl (C=O) groups excluding carboxylic acids is 1. The van der Waals surface area contributed by atoms with Crippen LogP contribution in [-0.2, 0) is 9.53 Å². The molecule has 0 aromatic heterocycles. The van der Waals surface area contributed by atoms with Crippen LogP contribution in [0.15, 0.2) is 0 Å². The number of hydrogen-bond acceptors (Lipinski definition) is 3. The number of ether oxygens (including phenoxy) is 1. The van der Waals surface area contributed by atoms with Crippen LogP contribution in [0.25, 0.3) is 0 Å². The summed E-state index contributed by atoms with van der Waals surface area (Å²) in [5.41, 5.74) is 5.53. The van der Waals surface area contributed by atoms with Crippen molar-refractivity contribution >= 4 is 5.91 Å². The van der Waals surface area contributed by atoms with Crippen LogP contribution in [-0.4, -0.2) is 43.2 Å². The van der Waals surface area contributed by atoms with Crippen molar-refractivity contribution < 1.29 is 9.53 Å². The number of rotatable bonds is 4. The molecule has 2 N–H and O–H groups in total. The van der Waals surface area contributed by atoms with Gasteiger partial charge in [0.05, 0.1) is 0 Å². The summed E-state index contributed by atoms with van der Waals surface area (Å²) in [6.07, 6.45) is 0.951. The largest absolute Gasteiger partial charge is 0.372 e. The zero-order chi connectivity index (χ0) is 8.97. The first-order valence-corrected chi connectivity index (χ1v) is 4.35. The summed E-state index contributed by atoms with van der Waals surface area (Å²) in [7, 11) is 0. The van der Waals surface area contributed by atoms with Crippen molar-refractivity contribution in [3.05, 3.63) is 0 Å². The van der Waals surface area contributed by atoms with Gasteiger partial charge in [-0.25, -0.2) is 0 Å². The third-order valence-corrected chi connectivity index (χ3v) is 1.84. The molecule has 0 radical (unpaired) electrons. The van der Waals surface area contributed by atoms with Crippen LogP contribution >= 0.6 is 0 Å². The van der Waals surface area contributed by atoms with Gasteiger partial charge >= 0.3 is 0 Å². The van der Waals surface area contributed by atoms with E-state index >= 15 is 0 Å². The normalized spacial score (nSPS) is 17.7. The highest BCUT2D eigenvalue weighted by atomic mass is 16.5. The molecule has 0 unspecified atom stereocenters. The second-order valence-electron chi connectivity index (χ2n) is 3.11. The molecule has 0 aromatic rings. The molecule has 0 aromatic carbocycles. The molecule has 0 saturated carbocycles. The Morgan fingerprint density at radius 2 is 2.33 bits per heavy atom. The van der Waals surface area contributed by atoms with Crippen LogP contribution in [0.4, 0.5) is 0 Å². The van der Waals surface area contributed by atoms with Gasteiger partial charge in [0.1, 0.15) is 6.61 Å². The number of likely N-dealkylation sites (tertiary alicyclic amines) is 1. The topological polar surface area (TPSA) is 55.6 Å². The van der Waals surface area contributed by atoms with E-state index in [2.05, 4.69) is 0 Å². The molecule has 0 atom stereocenters. The fourth-order valence-electron chi connectivity index (χ4n) is 1.11. The standard InChI is InChI=1S/C8H16N2O2/c1-2-3-12-6-8(11)10-4-7(9)5-10/h7H,2-6,9H2,1H3. The van der Waals surface area contributed by atoms with E-state index in [-0.39, 0.29) is 18.6 Å². The minimum absolute atomic E-state index is 0.0603. The average molecular weight is 172 g/mol. The van der Waals surface area contributed by atoms with Gasteiger partial charge in [-0.05, 0) is 6.42 Å². The van der Waals surface area contributed by atoms with E-state index in [9.17, 15) is 4.79 Å². The number of nitrogens with two attached hydrogens (primary N) is 1. The maximum absolute atomic E-state index is 11.2. The first-order chi connectivity index (χ1) is 5.74. The van der Waals surface area contributed by atoms with Crippen molar-refractivity contribution in [3.8, 4) is 0 Å². The molecule has 1 rings (SSSR count). The van der Waals surface area contributed by atoms with Crippen molar-refractivity contribution in [2.45, 2.75) is 19.4 Å². The van der Waals surface area contributed by atoms with E-state index in [0.29, 0.717) is 19.7 Å². The Balaban J connectivity index is 2.04. The summed E-state index contributed by atoms with van der Waals surface area (Å²) < 4.78 is 5.10.